The average molecular weight is 280 g/mol. The lowest BCUT2D eigenvalue weighted by Crippen LogP contribution is -2.43. The van der Waals surface area contributed by atoms with E-state index in [0.717, 1.165) is 12.0 Å². The fourth-order valence-electron chi connectivity index (χ4n) is 2.88. The molecule has 0 spiro atoms. The van der Waals surface area contributed by atoms with Gasteiger partial charge in [0.15, 0.2) is 0 Å². The molecule has 0 saturated heterocycles. The fraction of sp³-hybridized carbons (Fsp3) is 0.533. The predicted molar refractivity (Wildman–Crippen MR) is 73.4 cm³/mol. The van der Waals surface area contributed by atoms with Crippen molar-refractivity contribution in [1.82, 2.24) is 0 Å². The molecule has 1 aromatic carbocycles. The molecule has 5 nitrogen and oxygen atoms in total. The zero-order valence-electron chi connectivity index (χ0n) is 12.1. The Balaban J connectivity index is 2.67. The van der Waals surface area contributed by atoms with E-state index >= 15 is 0 Å². The molecule has 20 heavy (non-hydrogen) atoms. The van der Waals surface area contributed by atoms with Crippen LogP contribution in [0, 0.1) is 0 Å². The Bertz CT molecular complexity index is 505. The topological polar surface area (TPSA) is 65.0 Å². The SMILES string of the molecule is COCc1c(OC)ccc(OC)c1C1(C(=O)O)CCC1. The van der Waals surface area contributed by atoms with Crippen LogP contribution in [-0.2, 0) is 21.6 Å². The Morgan fingerprint density at radius 2 is 1.80 bits per heavy atom. The molecule has 0 amide bonds. The maximum absolute atomic E-state index is 11.8. The molecule has 0 heterocycles. The average Bonchev–Trinajstić information content (AvgIpc) is 2.38. The van der Waals surface area contributed by atoms with E-state index in [0.29, 0.717) is 36.5 Å². The number of benzene rings is 1. The van der Waals surface area contributed by atoms with Crippen LogP contribution in [0.3, 0.4) is 0 Å². The van der Waals surface area contributed by atoms with Crippen LogP contribution < -0.4 is 9.47 Å². The third-order valence-electron chi connectivity index (χ3n) is 4.06. The first-order chi connectivity index (χ1) is 9.60. The van der Waals surface area contributed by atoms with Crippen molar-refractivity contribution in [2.45, 2.75) is 31.3 Å². The van der Waals surface area contributed by atoms with Gasteiger partial charge >= 0.3 is 5.97 Å². The van der Waals surface area contributed by atoms with Crippen molar-refractivity contribution >= 4 is 5.97 Å². The fourth-order valence-corrected chi connectivity index (χ4v) is 2.88. The molecule has 1 aliphatic rings. The zero-order chi connectivity index (χ0) is 14.8. The minimum absolute atomic E-state index is 0.296. The van der Waals surface area contributed by atoms with Crippen LogP contribution in [0.2, 0.25) is 0 Å². The lowest BCUT2D eigenvalue weighted by molar-refractivity contribution is -0.147. The van der Waals surface area contributed by atoms with Gasteiger partial charge in [-0.1, -0.05) is 6.42 Å². The van der Waals surface area contributed by atoms with Gasteiger partial charge in [0.05, 0.1) is 26.2 Å². The van der Waals surface area contributed by atoms with Crippen LogP contribution in [0.15, 0.2) is 12.1 Å². The summed E-state index contributed by atoms with van der Waals surface area (Å²) in [5.74, 6) is 0.405. The predicted octanol–water partition coefficient (Wildman–Crippen LogP) is 2.36. The number of hydrogen-bond acceptors (Lipinski definition) is 4. The van der Waals surface area contributed by atoms with E-state index < -0.39 is 11.4 Å². The Morgan fingerprint density at radius 1 is 1.20 bits per heavy atom. The molecule has 1 aliphatic carbocycles. The highest BCUT2D eigenvalue weighted by molar-refractivity contribution is 5.85. The van der Waals surface area contributed by atoms with Crippen molar-refractivity contribution in [1.29, 1.82) is 0 Å². The monoisotopic (exact) mass is 280 g/mol. The van der Waals surface area contributed by atoms with Crippen molar-refractivity contribution in [2.75, 3.05) is 21.3 Å². The van der Waals surface area contributed by atoms with Gasteiger partial charge in [0.1, 0.15) is 11.5 Å². The normalized spacial score (nSPS) is 16.4. The molecule has 0 radical (unpaired) electrons. The van der Waals surface area contributed by atoms with Crippen molar-refractivity contribution in [2.24, 2.45) is 0 Å². The van der Waals surface area contributed by atoms with Crippen LogP contribution in [0.5, 0.6) is 11.5 Å². The summed E-state index contributed by atoms with van der Waals surface area (Å²) in [7, 11) is 4.70. The number of carbonyl (C=O) groups is 1. The first kappa shape index (κ1) is 14.7. The summed E-state index contributed by atoms with van der Waals surface area (Å²) in [6.07, 6.45) is 2.13. The molecule has 1 fully saturated rings. The maximum Gasteiger partial charge on any atom is 0.314 e. The van der Waals surface area contributed by atoms with Crippen LogP contribution in [0.25, 0.3) is 0 Å². The molecule has 0 aromatic heterocycles. The molecular formula is C15H20O5. The number of carboxylic acids is 1. The molecular weight excluding hydrogens is 260 g/mol. The van der Waals surface area contributed by atoms with E-state index in [1.165, 1.54) is 0 Å². The number of aliphatic carboxylic acids is 1. The zero-order valence-corrected chi connectivity index (χ0v) is 12.1. The third kappa shape index (κ3) is 2.12. The van der Waals surface area contributed by atoms with Gasteiger partial charge in [0, 0.05) is 18.2 Å². The summed E-state index contributed by atoms with van der Waals surface area (Å²) in [6, 6.07) is 3.54. The van der Waals surface area contributed by atoms with Crippen LogP contribution in [-0.4, -0.2) is 32.4 Å². The molecule has 0 aliphatic heterocycles. The Morgan fingerprint density at radius 3 is 2.20 bits per heavy atom. The molecule has 1 aromatic rings. The smallest absolute Gasteiger partial charge is 0.314 e. The number of carboxylic acid groups (broad SMARTS) is 1. The van der Waals surface area contributed by atoms with Gasteiger partial charge in [0.25, 0.3) is 0 Å². The van der Waals surface area contributed by atoms with Gasteiger partial charge in [-0.15, -0.1) is 0 Å². The first-order valence-corrected chi connectivity index (χ1v) is 6.57. The molecule has 1 saturated carbocycles. The minimum atomic E-state index is -0.881. The highest BCUT2D eigenvalue weighted by Crippen LogP contribution is 2.50. The third-order valence-corrected chi connectivity index (χ3v) is 4.06. The molecule has 0 unspecified atom stereocenters. The second-order valence-corrected chi connectivity index (χ2v) is 5.00. The molecule has 5 heteroatoms. The van der Waals surface area contributed by atoms with Gasteiger partial charge in [-0.2, -0.15) is 0 Å². The van der Waals surface area contributed by atoms with Crippen molar-refractivity contribution in [3.05, 3.63) is 23.3 Å². The Kier molecular flexibility index (Phi) is 4.18. The number of ether oxygens (including phenoxy) is 3. The molecule has 2 rings (SSSR count). The second kappa shape index (κ2) is 5.71. The highest BCUT2D eigenvalue weighted by atomic mass is 16.5. The van der Waals surface area contributed by atoms with Gasteiger partial charge in [-0.25, -0.2) is 0 Å². The van der Waals surface area contributed by atoms with Crippen LogP contribution >= 0.6 is 0 Å². The van der Waals surface area contributed by atoms with E-state index in [-0.39, 0.29) is 0 Å². The lowest BCUT2D eigenvalue weighted by atomic mass is 9.63. The van der Waals surface area contributed by atoms with Crippen LogP contribution in [0.1, 0.15) is 30.4 Å². The summed E-state index contributed by atoms with van der Waals surface area (Å²) >= 11 is 0. The summed E-state index contributed by atoms with van der Waals surface area (Å²) in [5.41, 5.74) is 0.574. The molecule has 1 N–H and O–H groups in total. The number of methoxy groups -OCH3 is 3. The van der Waals surface area contributed by atoms with Crippen molar-refractivity contribution in [3.63, 3.8) is 0 Å². The van der Waals surface area contributed by atoms with E-state index in [2.05, 4.69) is 0 Å². The summed E-state index contributed by atoms with van der Waals surface area (Å²) in [6.45, 7) is 0.296. The van der Waals surface area contributed by atoms with Crippen molar-refractivity contribution < 1.29 is 24.1 Å². The first-order valence-electron chi connectivity index (χ1n) is 6.57. The number of rotatable bonds is 6. The van der Waals surface area contributed by atoms with Crippen molar-refractivity contribution in [3.8, 4) is 11.5 Å². The summed E-state index contributed by atoms with van der Waals surface area (Å²) < 4.78 is 16.0. The standard InChI is InChI=1S/C15H20O5/c1-18-9-10-11(19-2)5-6-12(20-3)13(10)15(14(16)17)7-4-8-15/h5-6H,4,7-9H2,1-3H3,(H,16,17). The van der Waals surface area contributed by atoms with E-state index in [9.17, 15) is 9.90 Å². The second-order valence-electron chi connectivity index (χ2n) is 5.00. The number of hydrogen-bond donors (Lipinski definition) is 1. The molecule has 110 valence electrons. The largest absolute Gasteiger partial charge is 0.496 e. The highest BCUT2D eigenvalue weighted by Gasteiger charge is 2.49. The Labute approximate surface area is 118 Å². The maximum atomic E-state index is 11.8. The van der Waals surface area contributed by atoms with Crippen LogP contribution in [0.4, 0.5) is 0 Å². The molecule has 0 atom stereocenters. The lowest BCUT2D eigenvalue weighted by Gasteiger charge is -2.40. The summed E-state index contributed by atoms with van der Waals surface area (Å²) in [5, 5.41) is 9.68. The van der Waals surface area contributed by atoms with Gasteiger partial charge in [-0.05, 0) is 25.0 Å². The van der Waals surface area contributed by atoms with E-state index in [1.807, 2.05) is 0 Å². The van der Waals surface area contributed by atoms with E-state index in [1.54, 1.807) is 33.5 Å². The molecule has 0 bridgehead atoms. The quantitative estimate of drug-likeness (QED) is 0.866. The van der Waals surface area contributed by atoms with Gasteiger partial charge in [-0.3, -0.25) is 4.79 Å². The van der Waals surface area contributed by atoms with Gasteiger partial charge < -0.3 is 19.3 Å². The summed E-state index contributed by atoms with van der Waals surface area (Å²) in [4.78, 5) is 11.8. The minimum Gasteiger partial charge on any atom is -0.496 e. The van der Waals surface area contributed by atoms with Gasteiger partial charge in [0.2, 0.25) is 0 Å². The van der Waals surface area contributed by atoms with E-state index in [4.69, 9.17) is 14.2 Å². The Hall–Kier alpha value is -1.75.